The molecule has 1 aromatic heterocycles. The van der Waals surface area contributed by atoms with Crippen LogP contribution in [0.1, 0.15) is 5.82 Å². The standard InChI is InChI=1S/C12H12ClN3/c1-14-8-12-15-6-5-11(16-12)9-3-2-4-10(13)7-9/h2-7,14H,8H2,1H3. The van der Waals surface area contributed by atoms with Crippen LogP contribution in [-0.2, 0) is 6.54 Å². The molecule has 0 saturated carbocycles. The van der Waals surface area contributed by atoms with E-state index in [2.05, 4.69) is 15.3 Å². The van der Waals surface area contributed by atoms with Gasteiger partial charge in [0.05, 0.1) is 12.2 Å². The third-order valence-electron chi connectivity index (χ3n) is 2.16. The molecule has 0 atom stereocenters. The van der Waals surface area contributed by atoms with Crippen LogP contribution in [0.15, 0.2) is 36.5 Å². The molecule has 0 aliphatic carbocycles. The van der Waals surface area contributed by atoms with E-state index in [1.165, 1.54) is 0 Å². The number of hydrogen-bond donors (Lipinski definition) is 1. The Morgan fingerprint density at radius 2 is 2.19 bits per heavy atom. The maximum Gasteiger partial charge on any atom is 0.142 e. The lowest BCUT2D eigenvalue weighted by Crippen LogP contribution is -2.09. The van der Waals surface area contributed by atoms with Crippen LogP contribution in [-0.4, -0.2) is 17.0 Å². The Morgan fingerprint density at radius 3 is 2.94 bits per heavy atom. The summed E-state index contributed by atoms with van der Waals surface area (Å²) >= 11 is 5.94. The van der Waals surface area contributed by atoms with E-state index < -0.39 is 0 Å². The molecular weight excluding hydrogens is 222 g/mol. The highest BCUT2D eigenvalue weighted by atomic mass is 35.5. The van der Waals surface area contributed by atoms with Gasteiger partial charge in [0.2, 0.25) is 0 Å². The molecule has 1 heterocycles. The summed E-state index contributed by atoms with van der Waals surface area (Å²) in [6.07, 6.45) is 1.76. The molecule has 1 N–H and O–H groups in total. The molecule has 2 rings (SSSR count). The number of halogens is 1. The topological polar surface area (TPSA) is 37.8 Å². The minimum absolute atomic E-state index is 0.661. The van der Waals surface area contributed by atoms with E-state index in [4.69, 9.17) is 11.6 Å². The number of nitrogens with zero attached hydrogens (tertiary/aromatic N) is 2. The molecule has 16 heavy (non-hydrogen) atoms. The van der Waals surface area contributed by atoms with Crippen molar-refractivity contribution in [3.8, 4) is 11.3 Å². The molecule has 0 amide bonds. The fraction of sp³-hybridized carbons (Fsp3) is 0.167. The Labute approximate surface area is 99.5 Å². The molecule has 3 nitrogen and oxygen atoms in total. The molecule has 0 unspecified atom stereocenters. The largest absolute Gasteiger partial charge is 0.313 e. The van der Waals surface area contributed by atoms with Gasteiger partial charge in [0.25, 0.3) is 0 Å². The van der Waals surface area contributed by atoms with Crippen molar-refractivity contribution in [1.29, 1.82) is 0 Å². The van der Waals surface area contributed by atoms with E-state index in [0.29, 0.717) is 11.6 Å². The summed E-state index contributed by atoms with van der Waals surface area (Å²) in [5, 5.41) is 3.74. The van der Waals surface area contributed by atoms with Crippen LogP contribution < -0.4 is 5.32 Å². The highest BCUT2D eigenvalue weighted by Crippen LogP contribution is 2.20. The molecule has 0 aliphatic heterocycles. The van der Waals surface area contributed by atoms with Crippen LogP contribution >= 0.6 is 11.6 Å². The molecule has 0 bridgehead atoms. The molecule has 0 spiro atoms. The van der Waals surface area contributed by atoms with Crippen LogP contribution in [0.4, 0.5) is 0 Å². The van der Waals surface area contributed by atoms with Crippen molar-refractivity contribution in [1.82, 2.24) is 15.3 Å². The smallest absolute Gasteiger partial charge is 0.142 e. The van der Waals surface area contributed by atoms with Crippen molar-refractivity contribution < 1.29 is 0 Å². The zero-order valence-corrected chi connectivity index (χ0v) is 9.70. The van der Waals surface area contributed by atoms with E-state index in [1.54, 1.807) is 6.20 Å². The summed E-state index contributed by atoms with van der Waals surface area (Å²) in [6.45, 7) is 0.661. The second-order valence-corrected chi connectivity index (χ2v) is 3.84. The Kier molecular flexibility index (Phi) is 3.49. The van der Waals surface area contributed by atoms with Gasteiger partial charge in [-0.15, -0.1) is 0 Å². The minimum Gasteiger partial charge on any atom is -0.313 e. The van der Waals surface area contributed by atoms with Gasteiger partial charge in [0.1, 0.15) is 5.82 Å². The lowest BCUT2D eigenvalue weighted by molar-refractivity contribution is 0.759. The summed E-state index contributed by atoms with van der Waals surface area (Å²) in [5.74, 6) is 0.778. The predicted octanol–water partition coefficient (Wildman–Crippen LogP) is 2.52. The first-order valence-corrected chi connectivity index (χ1v) is 5.40. The number of nitrogens with one attached hydrogen (secondary N) is 1. The summed E-state index contributed by atoms with van der Waals surface area (Å²) < 4.78 is 0. The van der Waals surface area contributed by atoms with Crippen molar-refractivity contribution in [3.63, 3.8) is 0 Å². The minimum atomic E-state index is 0.661. The fourth-order valence-electron chi connectivity index (χ4n) is 1.45. The fourth-order valence-corrected chi connectivity index (χ4v) is 1.64. The highest BCUT2D eigenvalue weighted by Gasteiger charge is 2.01. The first kappa shape index (κ1) is 11.0. The molecule has 0 radical (unpaired) electrons. The van der Waals surface area contributed by atoms with Crippen LogP contribution in [0.3, 0.4) is 0 Å². The van der Waals surface area contributed by atoms with Crippen LogP contribution in [0, 0.1) is 0 Å². The van der Waals surface area contributed by atoms with Crippen LogP contribution in [0.2, 0.25) is 5.02 Å². The van der Waals surface area contributed by atoms with E-state index in [-0.39, 0.29) is 0 Å². The maximum absolute atomic E-state index is 5.94. The van der Waals surface area contributed by atoms with Crippen LogP contribution in [0.5, 0.6) is 0 Å². The first-order valence-electron chi connectivity index (χ1n) is 5.02. The second-order valence-electron chi connectivity index (χ2n) is 3.40. The lowest BCUT2D eigenvalue weighted by Gasteiger charge is -2.03. The SMILES string of the molecule is CNCc1nccc(-c2cccc(Cl)c2)n1. The normalized spacial score (nSPS) is 10.4. The quantitative estimate of drug-likeness (QED) is 0.885. The molecule has 0 aliphatic rings. The summed E-state index contributed by atoms with van der Waals surface area (Å²) in [4.78, 5) is 8.61. The van der Waals surface area contributed by atoms with Crippen molar-refractivity contribution in [3.05, 3.63) is 47.4 Å². The Balaban J connectivity index is 2.36. The Morgan fingerprint density at radius 1 is 1.31 bits per heavy atom. The maximum atomic E-state index is 5.94. The van der Waals surface area contributed by atoms with E-state index >= 15 is 0 Å². The zero-order valence-electron chi connectivity index (χ0n) is 8.94. The number of rotatable bonds is 3. The van der Waals surface area contributed by atoms with Gasteiger partial charge in [-0.25, -0.2) is 9.97 Å². The Hall–Kier alpha value is -1.45. The van der Waals surface area contributed by atoms with Gasteiger partial charge in [-0.1, -0.05) is 23.7 Å². The average Bonchev–Trinajstić information content (AvgIpc) is 2.30. The monoisotopic (exact) mass is 233 g/mol. The van der Waals surface area contributed by atoms with Crippen molar-refractivity contribution in [2.24, 2.45) is 0 Å². The third kappa shape index (κ3) is 2.56. The van der Waals surface area contributed by atoms with Gasteiger partial charge in [0.15, 0.2) is 0 Å². The molecule has 4 heteroatoms. The van der Waals surface area contributed by atoms with Gasteiger partial charge < -0.3 is 5.32 Å². The van der Waals surface area contributed by atoms with E-state index in [0.717, 1.165) is 17.1 Å². The molecule has 0 saturated heterocycles. The molecule has 1 aromatic carbocycles. The van der Waals surface area contributed by atoms with Gasteiger partial charge in [-0.3, -0.25) is 0 Å². The van der Waals surface area contributed by atoms with Crippen molar-refractivity contribution >= 4 is 11.6 Å². The lowest BCUT2D eigenvalue weighted by atomic mass is 10.1. The average molecular weight is 234 g/mol. The highest BCUT2D eigenvalue weighted by molar-refractivity contribution is 6.30. The number of benzene rings is 1. The van der Waals surface area contributed by atoms with Gasteiger partial charge >= 0.3 is 0 Å². The Bertz CT molecular complexity index is 485. The van der Waals surface area contributed by atoms with E-state index in [9.17, 15) is 0 Å². The van der Waals surface area contributed by atoms with Crippen molar-refractivity contribution in [2.45, 2.75) is 6.54 Å². The molecule has 2 aromatic rings. The molecule has 0 fully saturated rings. The van der Waals surface area contributed by atoms with Crippen molar-refractivity contribution in [2.75, 3.05) is 7.05 Å². The van der Waals surface area contributed by atoms with Gasteiger partial charge in [-0.05, 0) is 25.2 Å². The van der Waals surface area contributed by atoms with Gasteiger partial charge in [0, 0.05) is 16.8 Å². The third-order valence-corrected chi connectivity index (χ3v) is 2.40. The molecular formula is C12H12ClN3. The van der Waals surface area contributed by atoms with Crippen LogP contribution in [0.25, 0.3) is 11.3 Å². The second kappa shape index (κ2) is 5.05. The number of hydrogen-bond acceptors (Lipinski definition) is 3. The number of aromatic nitrogens is 2. The van der Waals surface area contributed by atoms with Gasteiger partial charge in [-0.2, -0.15) is 0 Å². The van der Waals surface area contributed by atoms with E-state index in [1.807, 2.05) is 37.4 Å². The zero-order chi connectivity index (χ0) is 11.4. The summed E-state index contributed by atoms with van der Waals surface area (Å²) in [7, 11) is 1.87. The molecule has 82 valence electrons. The summed E-state index contributed by atoms with van der Waals surface area (Å²) in [5.41, 5.74) is 1.90. The predicted molar refractivity (Wildman–Crippen MR) is 65.2 cm³/mol. The summed E-state index contributed by atoms with van der Waals surface area (Å²) in [6, 6.07) is 9.52. The first-order chi connectivity index (χ1) is 7.79.